The highest BCUT2D eigenvalue weighted by Crippen LogP contribution is 2.16. The summed E-state index contributed by atoms with van der Waals surface area (Å²) in [6, 6.07) is 16.0. The molecule has 2 rings (SSSR count). The van der Waals surface area contributed by atoms with E-state index < -0.39 is 11.9 Å². The minimum atomic E-state index is -1.82. The molecule has 6 N–H and O–H groups in total. The molecule has 2 aromatic rings. The minimum Gasteiger partial charge on any atom is -0.473 e. The first kappa shape index (κ1) is 26.6. The van der Waals surface area contributed by atoms with Gasteiger partial charge in [-0.25, -0.2) is 9.59 Å². The molecule has 0 spiro atoms. The van der Waals surface area contributed by atoms with Gasteiger partial charge in [0.25, 0.3) is 0 Å². The third kappa shape index (κ3) is 10.2. The molecule has 0 radical (unpaired) electrons. The highest BCUT2D eigenvalue weighted by atomic mass is 16.4. The van der Waals surface area contributed by atoms with Crippen LogP contribution in [0.4, 0.5) is 22.7 Å². The van der Waals surface area contributed by atoms with Crippen molar-refractivity contribution in [2.24, 2.45) is 0 Å². The van der Waals surface area contributed by atoms with Gasteiger partial charge in [-0.05, 0) is 76.2 Å². The van der Waals surface area contributed by atoms with Gasteiger partial charge < -0.3 is 31.5 Å². The molecule has 0 unspecified atom stereocenters. The molecule has 0 saturated heterocycles. The predicted molar refractivity (Wildman–Crippen MR) is 124 cm³/mol. The number of rotatable bonds is 6. The molecule has 0 aliphatic carbocycles. The van der Waals surface area contributed by atoms with Crippen LogP contribution in [0.5, 0.6) is 0 Å². The van der Waals surface area contributed by atoms with Crippen molar-refractivity contribution < 1.29 is 19.8 Å². The van der Waals surface area contributed by atoms with E-state index in [0.29, 0.717) is 0 Å². The fourth-order valence-electron chi connectivity index (χ4n) is 2.55. The van der Waals surface area contributed by atoms with Gasteiger partial charge >= 0.3 is 11.9 Å². The lowest BCUT2D eigenvalue weighted by molar-refractivity contribution is -0.159. The molecule has 0 atom stereocenters. The molecule has 0 fully saturated rings. The molecule has 8 nitrogen and oxygen atoms in total. The van der Waals surface area contributed by atoms with E-state index in [1.54, 1.807) is 0 Å². The Morgan fingerprint density at radius 1 is 0.633 bits per heavy atom. The SMILES string of the molecule is CCN(CC)c1ccc(N)cc1.CCN(CC)c1ccc(N)cc1.O=C(O)C(=O)O. The first-order valence-corrected chi connectivity index (χ1v) is 9.87. The molecule has 0 aliphatic rings. The third-order valence-electron chi connectivity index (χ3n) is 4.23. The molecule has 0 heterocycles. The number of nitrogen functional groups attached to an aromatic ring is 2. The average Bonchev–Trinajstić information content (AvgIpc) is 2.73. The van der Waals surface area contributed by atoms with Crippen molar-refractivity contribution in [3.05, 3.63) is 48.5 Å². The van der Waals surface area contributed by atoms with Crippen LogP contribution in [0.3, 0.4) is 0 Å². The summed E-state index contributed by atoms with van der Waals surface area (Å²) in [6.07, 6.45) is 0. The second kappa shape index (κ2) is 14.6. The number of carboxylic acid groups (broad SMARTS) is 2. The first-order chi connectivity index (χ1) is 14.2. The number of nitrogens with two attached hydrogens (primary N) is 2. The summed E-state index contributed by atoms with van der Waals surface area (Å²) >= 11 is 0. The van der Waals surface area contributed by atoms with Gasteiger partial charge in [-0.15, -0.1) is 0 Å². The van der Waals surface area contributed by atoms with Crippen LogP contribution in [0.1, 0.15) is 27.7 Å². The van der Waals surface area contributed by atoms with Crippen molar-refractivity contribution in [1.82, 2.24) is 0 Å². The molecule has 8 heteroatoms. The van der Waals surface area contributed by atoms with Crippen LogP contribution >= 0.6 is 0 Å². The standard InChI is InChI=1S/2C10H16N2.C2H2O4/c2*1-3-12(4-2)10-7-5-9(11)6-8-10;3-1(4)2(5)6/h2*5-8H,3-4,11H2,1-2H3;(H,3,4)(H,5,6). The summed E-state index contributed by atoms with van der Waals surface area (Å²) in [5.41, 5.74) is 15.3. The summed E-state index contributed by atoms with van der Waals surface area (Å²) in [5, 5.41) is 14.8. The summed E-state index contributed by atoms with van der Waals surface area (Å²) in [5.74, 6) is -3.65. The van der Waals surface area contributed by atoms with Crippen LogP contribution in [0.15, 0.2) is 48.5 Å². The van der Waals surface area contributed by atoms with Crippen molar-refractivity contribution in [1.29, 1.82) is 0 Å². The van der Waals surface area contributed by atoms with Crippen LogP contribution in [-0.2, 0) is 9.59 Å². The van der Waals surface area contributed by atoms with E-state index in [0.717, 1.165) is 37.6 Å². The fourth-order valence-corrected chi connectivity index (χ4v) is 2.55. The Labute approximate surface area is 178 Å². The second-order valence-corrected chi connectivity index (χ2v) is 6.14. The smallest absolute Gasteiger partial charge is 0.414 e. The molecule has 0 bridgehead atoms. The highest BCUT2D eigenvalue weighted by molar-refractivity contribution is 6.27. The van der Waals surface area contributed by atoms with E-state index in [1.807, 2.05) is 24.3 Å². The van der Waals surface area contributed by atoms with Gasteiger partial charge in [0.1, 0.15) is 0 Å². The number of hydrogen-bond donors (Lipinski definition) is 4. The third-order valence-corrected chi connectivity index (χ3v) is 4.23. The zero-order chi connectivity index (χ0) is 23.1. The number of anilines is 4. The Hall–Kier alpha value is -3.42. The molecule has 0 aromatic heterocycles. The molecular weight excluding hydrogens is 384 g/mol. The van der Waals surface area contributed by atoms with Crippen LogP contribution in [0.2, 0.25) is 0 Å². The van der Waals surface area contributed by atoms with E-state index >= 15 is 0 Å². The Kier molecular flexibility index (Phi) is 12.9. The van der Waals surface area contributed by atoms with Gasteiger partial charge in [0.05, 0.1) is 0 Å². The molecule has 30 heavy (non-hydrogen) atoms. The van der Waals surface area contributed by atoms with E-state index in [2.05, 4.69) is 61.8 Å². The summed E-state index contributed by atoms with van der Waals surface area (Å²) in [7, 11) is 0. The predicted octanol–water partition coefficient (Wildman–Crippen LogP) is 3.39. The molecule has 0 aliphatic heterocycles. The molecule has 166 valence electrons. The zero-order valence-corrected chi connectivity index (χ0v) is 18.2. The topological polar surface area (TPSA) is 133 Å². The number of aliphatic carboxylic acids is 2. The molecule has 0 saturated carbocycles. The van der Waals surface area contributed by atoms with Crippen LogP contribution < -0.4 is 21.3 Å². The summed E-state index contributed by atoms with van der Waals surface area (Å²) < 4.78 is 0. The van der Waals surface area contributed by atoms with Crippen molar-refractivity contribution in [3.8, 4) is 0 Å². The molecule has 2 aromatic carbocycles. The van der Waals surface area contributed by atoms with E-state index in [1.165, 1.54) is 11.4 Å². The quantitative estimate of drug-likeness (QED) is 0.414. The minimum absolute atomic E-state index is 0.825. The number of carbonyl (C=O) groups is 2. The van der Waals surface area contributed by atoms with Gasteiger partial charge in [0.15, 0.2) is 0 Å². The lowest BCUT2D eigenvalue weighted by atomic mass is 10.2. The van der Waals surface area contributed by atoms with Crippen molar-refractivity contribution >= 4 is 34.7 Å². The molecular formula is C22H34N4O4. The maximum Gasteiger partial charge on any atom is 0.414 e. The molecule has 0 amide bonds. The summed E-state index contributed by atoms with van der Waals surface area (Å²) in [6.45, 7) is 12.8. The second-order valence-electron chi connectivity index (χ2n) is 6.14. The van der Waals surface area contributed by atoms with E-state index in [4.69, 9.17) is 31.3 Å². The monoisotopic (exact) mass is 418 g/mol. The number of benzene rings is 2. The van der Waals surface area contributed by atoms with Crippen LogP contribution in [0.25, 0.3) is 0 Å². The fraction of sp³-hybridized carbons (Fsp3) is 0.364. The van der Waals surface area contributed by atoms with Gasteiger partial charge in [-0.1, -0.05) is 0 Å². The van der Waals surface area contributed by atoms with Gasteiger partial charge in [-0.3, -0.25) is 0 Å². The highest BCUT2D eigenvalue weighted by Gasteiger charge is 2.04. The maximum atomic E-state index is 9.10. The number of hydrogen-bond acceptors (Lipinski definition) is 6. The number of carboxylic acids is 2. The van der Waals surface area contributed by atoms with Crippen LogP contribution in [0, 0.1) is 0 Å². The Balaban J connectivity index is 0.000000447. The van der Waals surface area contributed by atoms with Gasteiger partial charge in [0, 0.05) is 48.9 Å². The van der Waals surface area contributed by atoms with Gasteiger partial charge in [0.2, 0.25) is 0 Å². The Morgan fingerprint density at radius 2 is 0.867 bits per heavy atom. The van der Waals surface area contributed by atoms with Crippen LogP contribution in [-0.4, -0.2) is 48.3 Å². The zero-order valence-electron chi connectivity index (χ0n) is 18.2. The lowest BCUT2D eigenvalue weighted by Gasteiger charge is -2.20. The largest absolute Gasteiger partial charge is 0.473 e. The Morgan fingerprint density at radius 3 is 1.03 bits per heavy atom. The summed E-state index contributed by atoms with van der Waals surface area (Å²) in [4.78, 5) is 22.8. The Bertz CT molecular complexity index is 675. The maximum absolute atomic E-state index is 9.10. The van der Waals surface area contributed by atoms with E-state index in [9.17, 15) is 0 Å². The first-order valence-electron chi connectivity index (χ1n) is 9.87. The van der Waals surface area contributed by atoms with E-state index in [-0.39, 0.29) is 0 Å². The number of nitrogens with zero attached hydrogens (tertiary/aromatic N) is 2. The van der Waals surface area contributed by atoms with Gasteiger partial charge in [-0.2, -0.15) is 0 Å². The van der Waals surface area contributed by atoms with Crippen molar-refractivity contribution in [2.75, 3.05) is 47.4 Å². The lowest BCUT2D eigenvalue weighted by Crippen LogP contribution is -2.21. The van der Waals surface area contributed by atoms with Crippen molar-refractivity contribution in [3.63, 3.8) is 0 Å². The normalized spacial score (nSPS) is 9.33. The van der Waals surface area contributed by atoms with Crippen molar-refractivity contribution in [2.45, 2.75) is 27.7 Å². The average molecular weight is 419 g/mol.